The van der Waals surface area contributed by atoms with Crippen LogP contribution in [0.25, 0.3) is 0 Å². The number of primary amides is 1. The minimum absolute atomic E-state index is 0.127. The van der Waals surface area contributed by atoms with Gasteiger partial charge in [0.2, 0.25) is 5.91 Å². The second-order valence-electron chi connectivity index (χ2n) is 7.19. The number of carbonyl (C=O) groups excluding carboxylic acids is 2. The Balaban J connectivity index is 1.52. The Hall–Kier alpha value is -3.80. The van der Waals surface area contributed by atoms with Crippen LogP contribution in [-0.2, 0) is 0 Å². The van der Waals surface area contributed by atoms with Gasteiger partial charge in [-0.25, -0.2) is 0 Å². The molecule has 0 saturated heterocycles. The number of hydrogen-bond acceptors (Lipinski definition) is 4. The minimum Gasteiger partial charge on any atom is -0.457 e. The highest BCUT2D eigenvalue weighted by Gasteiger charge is 2.08. The molecule has 0 radical (unpaired) electrons. The van der Waals surface area contributed by atoms with E-state index in [0.717, 1.165) is 18.8 Å². The third-order valence-corrected chi connectivity index (χ3v) is 4.91. The maximum atomic E-state index is 12.5. The molecule has 0 saturated carbocycles. The summed E-state index contributed by atoms with van der Waals surface area (Å²) < 4.78 is 5.74. The minimum atomic E-state index is -0.483. The highest BCUT2D eigenvalue weighted by molar-refractivity contribution is 5.94. The van der Waals surface area contributed by atoms with Crippen molar-refractivity contribution in [3.8, 4) is 11.5 Å². The van der Waals surface area contributed by atoms with Crippen LogP contribution in [0.5, 0.6) is 11.5 Å². The van der Waals surface area contributed by atoms with Crippen LogP contribution in [0.4, 0.5) is 5.69 Å². The van der Waals surface area contributed by atoms with E-state index in [1.54, 1.807) is 48.5 Å². The quantitative estimate of drug-likeness (QED) is 0.548. The van der Waals surface area contributed by atoms with E-state index >= 15 is 0 Å². The number of ether oxygens (including phenoxy) is 1. The summed E-state index contributed by atoms with van der Waals surface area (Å²) >= 11 is 0. The molecule has 0 aliphatic carbocycles. The van der Waals surface area contributed by atoms with Crippen LogP contribution in [-0.4, -0.2) is 31.4 Å². The lowest BCUT2D eigenvalue weighted by Crippen LogP contribution is -2.35. The van der Waals surface area contributed by atoms with Crippen molar-refractivity contribution in [3.63, 3.8) is 0 Å². The third-order valence-electron chi connectivity index (χ3n) is 4.91. The van der Waals surface area contributed by atoms with Gasteiger partial charge < -0.3 is 20.7 Å². The predicted molar refractivity (Wildman–Crippen MR) is 123 cm³/mol. The van der Waals surface area contributed by atoms with E-state index in [4.69, 9.17) is 10.5 Å². The van der Waals surface area contributed by atoms with E-state index in [2.05, 4.69) is 42.3 Å². The molecule has 6 nitrogen and oxygen atoms in total. The fourth-order valence-electron chi connectivity index (χ4n) is 3.20. The summed E-state index contributed by atoms with van der Waals surface area (Å²) in [6.07, 6.45) is 0. The Morgan fingerprint density at radius 3 is 2.10 bits per heavy atom. The molecule has 0 fully saturated rings. The van der Waals surface area contributed by atoms with Crippen molar-refractivity contribution in [1.29, 1.82) is 0 Å². The van der Waals surface area contributed by atoms with Crippen molar-refractivity contribution in [2.24, 2.45) is 5.73 Å². The molecule has 0 bridgehead atoms. The van der Waals surface area contributed by atoms with Crippen molar-refractivity contribution in [1.82, 2.24) is 5.32 Å². The van der Waals surface area contributed by atoms with E-state index in [-0.39, 0.29) is 5.91 Å². The molecular formula is C25H27N3O3. The molecule has 0 aliphatic heterocycles. The molecule has 0 spiro atoms. The van der Waals surface area contributed by atoms with Gasteiger partial charge in [0.1, 0.15) is 11.5 Å². The van der Waals surface area contributed by atoms with Crippen molar-refractivity contribution in [3.05, 3.63) is 89.5 Å². The second kappa shape index (κ2) is 10.3. The zero-order valence-corrected chi connectivity index (χ0v) is 17.8. The number of nitrogens with zero attached hydrogens (tertiary/aromatic N) is 1. The first-order valence-corrected chi connectivity index (χ1v) is 10.2. The lowest BCUT2D eigenvalue weighted by Gasteiger charge is -2.23. The number of amides is 2. The van der Waals surface area contributed by atoms with Gasteiger partial charge in [-0.1, -0.05) is 12.1 Å². The van der Waals surface area contributed by atoms with E-state index in [1.807, 2.05) is 6.07 Å². The van der Waals surface area contributed by atoms with Gasteiger partial charge in [0.05, 0.1) is 0 Å². The Bertz CT molecular complexity index is 1030. The Labute approximate surface area is 182 Å². The zero-order valence-electron chi connectivity index (χ0n) is 17.8. The summed E-state index contributed by atoms with van der Waals surface area (Å²) in [5.74, 6) is 0.568. The Kier molecular flexibility index (Phi) is 7.27. The largest absolute Gasteiger partial charge is 0.457 e. The molecule has 3 N–H and O–H groups in total. The fourth-order valence-corrected chi connectivity index (χ4v) is 3.20. The van der Waals surface area contributed by atoms with Crippen LogP contribution in [0.15, 0.2) is 72.8 Å². The summed E-state index contributed by atoms with van der Waals surface area (Å²) in [6, 6.07) is 21.8. The molecule has 3 rings (SSSR count). The monoisotopic (exact) mass is 417 g/mol. The molecular weight excluding hydrogens is 390 g/mol. The Morgan fingerprint density at radius 1 is 0.935 bits per heavy atom. The number of carbonyl (C=O) groups is 2. The number of benzene rings is 3. The maximum absolute atomic E-state index is 12.5. The van der Waals surface area contributed by atoms with Crippen LogP contribution in [0.2, 0.25) is 0 Å². The molecule has 0 aromatic heterocycles. The van der Waals surface area contributed by atoms with Gasteiger partial charge >= 0.3 is 0 Å². The third kappa shape index (κ3) is 6.09. The Morgan fingerprint density at radius 2 is 1.55 bits per heavy atom. The lowest BCUT2D eigenvalue weighted by molar-refractivity contribution is 0.0953. The highest BCUT2D eigenvalue weighted by atomic mass is 16.5. The number of likely N-dealkylation sites (N-methyl/N-ethyl adjacent to an activating group) is 1. The standard InChI is InChI=1S/C25H27N3O3/c1-3-28(21-6-4-5-18(2)17-21)16-15-27-25(30)20-9-13-23(14-10-20)31-22-11-7-19(8-12-22)24(26)29/h4-14,17H,3,15-16H2,1-2H3,(H2,26,29)(H,27,30). The summed E-state index contributed by atoms with van der Waals surface area (Å²) in [4.78, 5) is 25.8. The molecule has 3 aromatic carbocycles. The van der Waals surface area contributed by atoms with Crippen LogP contribution < -0.4 is 20.7 Å². The van der Waals surface area contributed by atoms with Gasteiger partial charge in [-0.3, -0.25) is 9.59 Å². The zero-order chi connectivity index (χ0) is 22.2. The smallest absolute Gasteiger partial charge is 0.251 e. The van der Waals surface area contributed by atoms with Gasteiger partial charge in [-0.15, -0.1) is 0 Å². The van der Waals surface area contributed by atoms with Crippen LogP contribution in [0.3, 0.4) is 0 Å². The fraction of sp³-hybridized carbons (Fsp3) is 0.200. The number of nitrogens with two attached hydrogens (primary N) is 1. The second-order valence-corrected chi connectivity index (χ2v) is 7.19. The van der Waals surface area contributed by atoms with Crippen molar-refractivity contribution < 1.29 is 14.3 Å². The molecule has 160 valence electrons. The number of aryl methyl sites for hydroxylation is 1. The first-order chi connectivity index (χ1) is 15.0. The van der Waals surface area contributed by atoms with Crippen molar-refractivity contribution in [2.75, 3.05) is 24.5 Å². The number of hydrogen-bond donors (Lipinski definition) is 2. The van der Waals surface area contributed by atoms with Crippen LogP contribution in [0, 0.1) is 6.92 Å². The summed E-state index contributed by atoms with van der Waals surface area (Å²) in [6.45, 7) is 6.32. The predicted octanol–water partition coefficient (Wildman–Crippen LogP) is 4.14. The van der Waals surface area contributed by atoms with Gasteiger partial charge in [0, 0.05) is 36.4 Å². The number of rotatable bonds is 9. The molecule has 3 aromatic rings. The normalized spacial score (nSPS) is 10.4. The van der Waals surface area contributed by atoms with Gasteiger partial charge in [-0.05, 0) is 80.1 Å². The van der Waals surface area contributed by atoms with Gasteiger partial charge in [-0.2, -0.15) is 0 Å². The van der Waals surface area contributed by atoms with E-state index in [0.29, 0.717) is 29.2 Å². The SMILES string of the molecule is CCN(CCNC(=O)c1ccc(Oc2ccc(C(N)=O)cc2)cc1)c1cccc(C)c1. The molecule has 0 unspecified atom stereocenters. The summed E-state index contributed by atoms with van der Waals surface area (Å²) in [5, 5.41) is 2.97. The van der Waals surface area contributed by atoms with E-state index in [1.165, 1.54) is 5.56 Å². The summed E-state index contributed by atoms with van der Waals surface area (Å²) in [7, 11) is 0. The average molecular weight is 418 g/mol. The number of anilines is 1. The average Bonchev–Trinajstić information content (AvgIpc) is 2.77. The first-order valence-electron chi connectivity index (χ1n) is 10.2. The molecule has 0 heterocycles. The first kappa shape index (κ1) is 21.9. The molecule has 6 heteroatoms. The van der Waals surface area contributed by atoms with E-state index < -0.39 is 5.91 Å². The molecule has 0 aliphatic rings. The molecule has 31 heavy (non-hydrogen) atoms. The van der Waals surface area contributed by atoms with Crippen LogP contribution in [0.1, 0.15) is 33.2 Å². The van der Waals surface area contributed by atoms with E-state index in [9.17, 15) is 9.59 Å². The maximum Gasteiger partial charge on any atom is 0.251 e. The van der Waals surface area contributed by atoms with Crippen molar-refractivity contribution >= 4 is 17.5 Å². The van der Waals surface area contributed by atoms with Crippen LogP contribution >= 0.6 is 0 Å². The van der Waals surface area contributed by atoms with Crippen molar-refractivity contribution in [2.45, 2.75) is 13.8 Å². The summed E-state index contributed by atoms with van der Waals surface area (Å²) in [5.41, 5.74) is 8.59. The lowest BCUT2D eigenvalue weighted by atomic mass is 10.2. The van der Waals surface area contributed by atoms with Gasteiger partial charge in [0.25, 0.3) is 5.91 Å². The topological polar surface area (TPSA) is 84.7 Å². The molecule has 0 atom stereocenters. The van der Waals surface area contributed by atoms with Gasteiger partial charge in [0.15, 0.2) is 0 Å². The highest BCUT2D eigenvalue weighted by Crippen LogP contribution is 2.22. The molecule has 2 amide bonds. The number of nitrogens with one attached hydrogen (secondary N) is 1.